The van der Waals surface area contributed by atoms with Crippen molar-refractivity contribution in [3.05, 3.63) is 23.0 Å². The maximum absolute atomic E-state index is 11.4. The predicted molar refractivity (Wildman–Crippen MR) is 66.4 cm³/mol. The van der Waals surface area contributed by atoms with Crippen molar-refractivity contribution >= 4 is 12.0 Å². The number of aliphatic hydroxyl groups is 1. The fourth-order valence-corrected chi connectivity index (χ4v) is 1.50. The standard InChI is InChI=1S/C12H19N3O2/c1-8(16)7-13-12(17)6-5-11-9(2)14-15(4)10(11)3/h5-6,8,16H,7H2,1-4H3,(H,13,17)/b6-5+. The number of carbonyl (C=O) groups excluding carboxylic acids is 1. The van der Waals surface area contributed by atoms with Crippen LogP contribution in [0.3, 0.4) is 0 Å². The Kier molecular flexibility index (Phi) is 4.45. The van der Waals surface area contributed by atoms with Crippen molar-refractivity contribution < 1.29 is 9.90 Å². The summed E-state index contributed by atoms with van der Waals surface area (Å²) in [4.78, 5) is 11.4. The average molecular weight is 237 g/mol. The number of rotatable bonds is 4. The molecule has 0 aliphatic rings. The summed E-state index contributed by atoms with van der Waals surface area (Å²) in [5, 5.41) is 15.9. The first-order chi connectivity index (χ1) is 7.91. The zero-order valence-electron chi connectivity index (χ0n) is 10.7. The topological polar surface area (TPSA) is 67.2 Å². The van der Waals surface area contributed by atoms with E-state index in [2.05, 4.69) is 10.4 Å². The summed E-state index contributed by atoms with van der Waals surface area (Å²) in [6.45, 7) is 5.74. The molecule has 2 N–H and O–H groups in total. The van der Waals surface area contributed by atoms with Gasteiger partial charge in [-0.25, -0.2) is 0 Å². The average Bonchev–Trinajstić information content (AvgIpc) is 2.48. The van der Waals surface area contributed by atoms with Gasteiger partial charge in [0, 0.05) is 30.9 Å². The summed E-state index contributed by atoms with van der Waals surface area (Å²) in [6, 6.07) is 0. The van der Waals surface area contributed by atoms with Gasteiger partial charge in [-0.05, 0) is 26.8 Å². The fourth-order valence-electron chi connectivity index (χ4n) is 1.50. The highest BCUT2D eigenvalue weighted by atomic mass is 16.3. The first kappa shape index (κ1) is 13.4. The van der Waals surface area contributed by atoms with Gasteiger partial charge in [0.2, 0.25) is 5.91 Å². The quantitative estimate of drug-likeness (QED) is 0.751. The Bertz CT molecular complexity index is 433. The number of hydrogen-bond donors (Lipinski definition) is 2. The molecule has 1 atom stereocenters. The second-order valence-electron chi connectivity index (χ2n) is 4.14. The largest absolute Gasteiger partial charge is 0.392 e. The minimum atomic E-state index is -0.533. The smallest absolute Gasteiger partial charge is 0.244 e. The lowest BCUT2D eigenvalue weighted by Gasteiger charge is -2.03. The lowest BCUT2D eigenvalue weighted by Crippen LogP contribution is -2.28. The number of nitrogens with zero attached hydrogens (tertiary/aromatic N) is 2. The van der Waals surface area contributed by atoms with Crippen molar-refractivity contribution in [2.24, 2.45) is 7.05 Å². The molecule has 1 amide bonds. The van der Waals surface area contributed by atoms with Crippen molar-refractivity contribution in [1.82, 2.24) is 15.1 Å². The van der Waals surface area contributed by atoms with E-state index < -0.39 is 6.10 Å². The lowest BCUT2D eigenvalue weighted by atomic mass is 10.2. The van der Waals surface area contributed by atoms with E-state index in [-0.39, 0.29) is 12.5 Å². The van der Waals surface area contributed by atoms with E-state index in [0.717, 1.165) is 17.0 Å². The van der Waals surface area contributed by atoms with Crippen molar-refractivity contribution in [3.8, 4) is 0 Å². The van der Waals surface area contributed by atoms with Crippen LogP contribution in [0.25, 0.3) is 6.08 Å². The van der Waals surface area contributed by atoms with Gasteiger partial charge in [-0.15, -0.1) is 0 Å². The molecule has 0 aliphatic carbocycles. The Morgan fingerprint density at radius 2 is 2.24 bits per heavy atom. The SMILES string of the molecule is Cc1nn(C)c(C)c1/C=C/C(=O)NCC(C)O. The van der Waals surface area contributed by atoms with Crippen LogP contribution in [0.2, 0.25) is 0 Å². The van der Waals surface area contributed by atoms with Gasteiger partial charge in [-0.2, -0.15) is 5.10 Å². The lowest BCUT2D eigenvalue weighted by molar-refractivity contribution is -0.116. The summed E-state index contributed by atoms with van der Waals surface area (Å²) >= 11 is 0. The molecule has 17 heavy (non-hydrogen) atoms. The van der Waals surface area contributed by atoms with Gasteiger partial charge in [-0.1, -0.05) is 0 Å². The number of nitrogens with one attached hydrogen (secondary N) is 1. The first-order valence-corrected chi connectivity index (χ1v) is 5.56. The predicted octanol–water partition coefficient (Wildman–Crippen LogP) is 0.547. The Balaban J connectivity index is 2.67. The molecular weight excluding hydrogens is 218 g/mol. The number of aliphatic hydroxyl groups excluding tert-OH is 1. The molecular formula is C12H19N3O2. The molecule has 5 heteroatoms. The molecule has 0 saturated heterocycles. The van der Waals surface area contributed by atoms with Crippen LogP contribution in [0.4, 0.5) is 0 Å². The fraction of sp³-hybridized carbons (Fsp3) is 0.500. The molecule has 1 heterocycles. The molecule has 1 aromatic rings. The number of hydrogen-bond acceptors (Lipinski definition) is 3. The molecule has 0 aromatic carbocycles. The maximum atomic E-state index is 11.4. The van der Waals surface area contributed by atoms with E-state index >= 15 is 0 Å². The normalized spacial score (nSPS) is 13.0. The number of carbonyl (C=O) groups is 1. The molecule has 0 saturated carbocycles. The van der Waals surface area contributed by atoms with Crippen LogP contribution < -0.4 is 5.32 Å². The molecule has 94 valence electrons. The van der Waals surface area contributed by atoms with Crippen LogP contribution in [-0.2, 0) is 11.8 Å². The molecule has 1 rings (SSSR count). The Hall–Kier alpha value is -1.62. The third-order valence-corrected chi connectivity index (χ3v) is 2.54. The molecule has 5 nitrogen and oxygen atoms in total. The van der Waals surface area contributed by atoms with Gasteiger partial charge in [0.1, 0.15) is 0 Å². The van der Waals surface area contributed by atoms with E-state index in [4.69, 9.17) is 5.11 Å². The second-order valence-corrected chi connectivity index (χ2v) is 4.14. The van der Waals surface area contributed by atoms with Gasteiger partial charge in [0.15, 0.2) is 0 Å². The Labute approximate surface area is 101 Å². The summed E-state index contributed by atoms with van der Waals surface area (Å²) in [6.07, 6.45) is 2.67. The second kappa shape index (κ2) is 5.63. The summed E-state index contributed by atoms with van der Waals surface area (Å²) in [5.74, 6) is -0.214. The van der Waals surface area contributed by atoms with Crippen molar-refractivity contribution in [3.63, 3.8) is 0 Å². The van der Waals surface area contributed by atoms with Crippen molar-refractivity contribution in [2.45, 2.75) is 26.9 Å². The van der Waals surface area contributed by atoms with Crippen LogP contribution in [0, 0.1) is 13.8 Å². The van der Waals surface area contributed by atoms with Gasteiger partial charge >= 0.3 is 0 Å². The molecule has 1 unspecified atom stereocenters. The zero-order chi connectivity index (χ0) is 13.0. The Morgan fingerprint density at radius 1 is 1.59 bits per heavy atom. The minimum Gasteiger partial charge on any atom is -0.392 e. The minimum absolute atomic E-state index is 0.214. The van der Waals surface area contributed by atoms with Crippen LogP contribution in [0.5, 0.6) is 0 Å². The van der Waals surface area contributed by atoms with Crippen LogP contribution >= 0.6 is 0 Å². The number of amides is 1. The van der Waals surface area contributed by atoms with E-state index in [1.165, 1.54) is 6.08 Å². The van der Waals surface area contributed by atoms with E-state index in [1.807, 2.05) is 20.9 Å². The Morgan fingerprint density at radius 3 is 2.71 bits per heavy atom. The molecule has 1 aromatic heterocycles. The third kappa shape index (κ3) is 3.71. The highest BCUT2D eigenvalue weighted by Gasteiger charge is 2.06. The van der Waals surface area contributed by atoms with Crippen molar-refractivity contribution in [1.29, 1.82) is 0 Å². The molecule has 0 fully saturated rings. The van der Waals surface area contributed by atoms with E-state index in [0.29, 0.717) is 0 Å². The van der Waals surface area contributed by atoms with Gasteiger partial charge < -0.3 is 10.4 Å². The third-order valence-electron chi connectivity index (χ3n) is 2.54. The number of aromatic nitrogens is 2. The highest BCUT2D eigenvalue weighted by molar-refractivity contribution is 5.92. The van der Waals surface area contributed by atoms with Gasteiger partial charge in [-0.3, -0.25) is 9.48 Å². The first-order valence-electron chi connectivity index (χ1n) is 5.56. The van der Waals surface area contributed by atoms with Gasteiger partial charge in [0.05, 0.1) is 11.8 Å². The zero-order valence-corrected chi connectivity index (χ0v) is 10.7. The van der Waals surface area contributed by atoms with Crippen LogP contribution in [0.1, 0.15) is 23.9 Å². The van der Waals surface area contributed by atoms with Crippen LogP contribution in [0.15, 0.2) is 6.08 Å². The molecule has 0 radical (unpaired) electrons. The molecule has 0 spiro atoms. The molecule has 0 bridgehead atoms. The van der Waals surface area contributed by atoms with E-state index in [1.54, 1.807) is 17.7 Å². The van der Waals surface area contributed by atoms with E-state index in [9.17, 15) is 4.79 Å². The maximum Gasteiger partial charge on any atom is 0.244 e. The van der Waals surface area contributed by atoms with Crippen molar-refractivity contribution in [2.75, 3.05) is 6.54 Å². The summed E-state index contributed by atoms with van der Waals surface area (Å²) in [5.41, 5.74) is 2.87. The van der Waals surface area contributed by atoms with Gasteiger partial charge in [0.25, 0.3) is 0 Å². The van der Waals surface area contributed by atoms with Crippen LogP contribution in [-0.4, -0.2) is 33.4 Å². The monoisotopic (exact) mass is 237 g/mol. The highest BCUT2D eigenvalue weighted by Crippen LogP contribution is 2.13. The number of aryl methyl sites for hydroxylation is 2. The molecule has 0 aliphatic heterocycles. The summed E-state index contributed by atoms with van der Waals surface area (Å²) < 4.78 is 1.78. The summed E-state index contributed by atoms with van der Waals surface area (Å²) in [7, 11) is 1.87.